The van der Waals surface area contributed by atoms with Crippen LogP contribution in [0, 0.1) is 0 Å². The predicted molar refractivity (Wildman–Crippen MR) is 61.8 cm³/mol. The van der Waals surface area contributed by atoms with Crippen LogP contribution < -0.4 is 5.32 Å². The van der Waals surface area contributed by atoms with E-state index in [1.165, 1.54) is 0 Å². The van der Waals surface area contributed by atoms with Gasteiger partial charge in [-0.05, 0) is 19.9 Å². The highest BCUT2D eigenvalue weighted by atomic mass is 16.6. The van der Waals surface area contributed by atoms with Gasteiger partial charge in [0, 0.05) is 19.4 Å². The van der Waals surface area contributed by atoms with E-state index in [0.717, 1.165) is 6.54 Å². The topological polar surface area (TPSA) is 84.9 Å². The number of carboxylic acids is 1. The van der Waals surface area contributed by atoms with Gasteiger partial charge < -0.3 is 19.9 Å². The van der Waals surface area contributed by atoms with Crippen molar-refractivity contribution in [3.8, 4) is 0 Å². The number of hydrogen-bond donors (Lipinski definition) is 2. The molecule has 0 aliphatic heterocycles. The number of esters is 1. The van der Waals surface area contributed by atoms with E-state index < -0.39 is 5.97 Å². The summed E-state index contributed by atoms with van der Waals surface area (Å²) in [6.07, 6.45) is 1.42. The Labute approximate surface area is 101 Å². The van der Waals surface area contributed by atoms with Crippen LogP contribution in [0.15, 0.2) is 0 Å². The SMILES string of the molecule is CNCCOCCOC(=O)CCCCC(=O)O. The molecule has 0 spiro atoms. The zero-order chi connectivity index (χ0) is 12.9. The first-order chi connectivity index (χ1) is 8.16. The van der Waals surface area contributed by atoms with E-state index in [9.17, 15) is 9.59 Å². The lowest BCUT2D eigenvalue weighted by Crippen LogP contribution is -2.17. The van der Waals surface area contributed by atoms with Gasteiger partial charge in [0.2, 0.25) is 0 Å². The van der Waals surface area contributed by atoms with Crippen molar-refractivity contribution in [2.45, 2.75) is 25.7 Å². The van der Waals surface area contributed by atoms with Gasteiger partial charge in [-0.2, -0.15) is 0 Å². The zero-order valence-electron chi connectivity index (χ0n) is 10.2. The van der Waals surface area contributed by atoms with Crippen molar-refractivity contribution in [3.05, 3.63) is 0 Å². The second kappa shape index (κ2) is 11.3. The van der Waals surface area contributed by atoms with E-state index in [2.05, 4.69) is 5.32 Å². The van der Waals surface area contributed by atoms with Crippen LogP contribution in [0.1, 0.15) is 25.7 Å². The third-order valence-electron chi connectivity index (χ3n) is 2.01. The molecule has 0 bridgehead atoms. The maximum absolute atomic E-state index is 11.1. The van der Waals surface area contributed by atoms with E-state index in [4.69, 9.17) is 14.6 Å². The lowest BCUT2D eigenvalue weighted by Gasteiger charge is -2.05. The summed E-state index contributed by atoms with van der Waals surface area (Å²) in [5.74, 6) is -1.14. The molecular weight excluding hydrogens is 226 g/mol. The summed E-state index contributed by atoms with van der Waals surface area (Å²) in [5.41, 5.74) is 0. The molecule has 0 radical (unpaired) electrons. The highest BCUT2D eigenvalue weighted by Crippen LogP contribution is 2.01. The van der Waals surface area contributed by atoms with Crippen LogP contribution in [0.3, 0.4) is 0 Å². The number of carbonyl (C=O) groups excluding carboxylic acids is 1. The molecule has 0 saturated heterocycles. The first kappa shape index (κ1) is 15.9. The van der Waals surface area contributed by atoms with Crippen LogP contribution in [-0.2, 0) is 19.1 Å². The number of ether oxygens (including phenoxy) is 2. The minimum Gasteiger partial charge on any atom is -0.481 e. The number of unbranched alkanes of at least 4 members (excludes halogenated alkanes) is 1. The molecule has 100 valence electrons. The monoisotopic (exact) mass is 247 g/mol. The number of likely N-dealkylation sites (N-methyl/N-ethyl adjacent to an activating group) is 1. The van der Waals surface area contributed by atoms with Gasteiger partial charge in [0.1, 0.15) is 6.61 Å². The molecule has 17 heavy (non-hydrogen) atoms. The van der Waals surface area contributed by atoms with E-state index >= 15 is 0 Å². The molecule has 0 aromatic carbocycles. The Morgan fingerprint density at radius 1 is 1.12 bits per heavy atom. The Hall–Kier alpha value is -1.14. The number of carbonyl (C=O) groups is 2. The Balaban J connectivity index is 3.20. The fourth-order valence-corrected chi connectivity index (χ4v) is 1.11. The van der Waals surface area contributed by atoms with E-state index in [-0.39, 0.29) is 25.4 Å². The molecule has 0 saturated carbocycles. The number of hydrogen-bond acceptors (Lipinski definition) is 5. The van der Waals surface area contributed by atoms with Crippen molar-refractivity contribution < 1.29 is 24.2 Å². The Kier molecular flexibility index (Phi) is 10.6. The van der Waals surface area contributed by atoms with Crippen molar-refractivity contribution in [2.75, 3.05) is 33.4 Å². The number of rotatable bonds is 11. The Morgan fingerprint density at radius 3 is 2.47 bits per heavy atom. The lowest BCUT2D eigenvalue weighted by molar-refractivity contribution is -0.145. The average Bonchev–Trinajstić information content (AvgIpc) is 2.29. The molecule has 0 aliphatic rings. The zero-order valence-corrected chi connectivity index (χ0v) is 10.2. The van der Waals surface area contributed by atoms with Gasteiger partial charge in [-0.1, -0.05) is 0 Å². The largest absolute Gasteiger partial charge is 0.481 e. The maximum Gasteiger partial charge on any atom is 0.305 e. The fourth-order valence-electron chi connectivity index (χ4n) is 1.11. The van der Waals surface area contributed by atoms with Crippen molar-refractivity contribution in [3.63, 3.8) is 0 Å². The minimum absolute atomic E-state index is 0.0976. The van der Waals surface area contributed by atoms with Gasteiger partial charge >= 0.3 is 11.9 Å². The summed E-state index contributed by atoms with van der Waals surface area (Å²) >= 11 is 0. The molecule has 0 atom stereocenters. The smallest absolute Gasteiger partial charge is 0.305 e. The van der Waals surface area contributed by atoms with Crippen molar-refractivity contribution in [2.24, 2.45) is 0 Å². The first-order valence-electron chi connectivity index (χ1n) is 5.76. The predicted octanol–water partition coefficient (Wildman–Crippen LogP) is 0.411. The third-order valence-corrected chi connectivity index (χ3v) is 2.01. The maximum atomic E-state index is 11.1. The fraction of sp³-hybridized carbons (Fsp3) is 0.818. The van der Waals surface area contributed by atoms with Crippen LogP contribution in [0.2, 0.25) is 0 Å². The first-order valence-corrected chi connectivity index (χ1v) is 5.76. The molecule has 0 aliphatic carbocycles. The third kappa shape index (κ3) is 12.8. The van der Waals surface area contributed by atoms with E-state index in [1.54, 1.807) is 0 Å². The summed E-state index contributed by atoms with van der Waals surface area (Å²) in [5, 5.41) is 11.3. The van der Waals surface area contributed by atoms with Gasteiger partial charge in [-0.25, -0.2) is 0 Å². The molecule has 6 heteroatoms. The Bertz CT molecular complexity index is 220. The number of carboxylic acid groups (broad SMARTS) is 1. The van der Waals surface area contributed by atoms with Crippen molar-refractivity contribution in [1.82, 2.24) is 5.32 Å². The minimum atomic E-state index is -0.837. The number of nitrogens with one attached hydrogen (secondary N) is 1. The molecule has 0 rings (SSSR count). The van der Waals surface area contributed by atoms with E-state index in [0.29, 0.717) is 26.1 Å². The van der Waals surface area contributed by atoms with Gasteiger partial charge in [0.15, 0.2) is 0 Å². The van der Waals surface area contributed by atoms with Crippen LogP contribution in [0.5, 0.6) is 0 Å². The van der Waals surface area contributed by atoms with Crippen molar-refractivity contribution in [1.29, 1.82) is 0 Å². The van der Waals surface area contributed by atoms with E-state index in [1.807, 2.05) is 7.05 Å². The Morgan fingerprint density at radius 2 is 1.82 bits per heavy atom. The second-order valence-electron chi connectivity index (χ2n) is 3.54. The van der Waals surface area contributed by atoms with Gasteiger partial charge in [0.05, 0.1) is 13.2 Å². The summed E-state index contributed by atoms with van der Waals surface area (Å²) in [4.78, 5) is 21.3. The molecular formula is C11H21NO5. The second-order valence-corrected chi connectivity index (χ2v) is 3.54. The summed E-state index contributed by atoms with van der Waals surface area (Å²) < 4.78 is 10.1. The van der Waals surface area contributed by atoms with Crippen LogP contribution in [-0.4, -0.2) is 50.5 Å². The average molecular weight is 247 g/mol. The van der Waals surface area contributed by atoms with Crippen molar-refractivity contribution >= 4 is 11.9 Å². The summed E-state index contributed by atoms with van der Waals surface area (Å²) in [6.45, 7) is 2.00. The summed E-state index contributed by atoms with van der Waals surface area (Å²) in [6, 6.07) is 0. The molecule has 0 heterocycles. The highest BCUT2D eigenvalue weighted by molar-refractivity contribution is 5.69. The molecule has 2 N–H and O–H groups in total. The van der Waals surface area contributed by atoms with Gasteiger partial charge in [0.25, 0.3) is 0 Å². The lowest BCUT2D eigenvalue weighted by atomic mass is 10.2. The molecule has 0 amide bonds. The highest BCUT2D eigenvalue weighted by Gasteiger charge is 2.03. The summed E-state index contributed by atoms with van der Waals surface area (Å²) in [7, 11) is 1.83. The molecule has 6 nitrogen and oxygen atoms in total. The molecule has 0 fully saturated rings. The standard InChI is InChI=1S/C11H21NO5/c1-12-6-7-16-8-9-17-11(15)5-3-2-4-10(13)14/h12H,2-9H2,1H3,(H,13,14). The van der Waals surface area contributed by atoms with Gasteiger partial charge in [-0.3, -0.25) is 9.59 Å². The number of aliphatic carboxylic acids is 1. The van der Waals surface area contributed by atoms with Crippen LogP contribution in [0.4, 0.5) is 0 Å². The molecule has 0 unspecified atom stereocenters. The normalized spacial score (nSPS) is 10.2. The van der Waals surface area contributed by atoms with Crippen LogP contribution in [0.25, 0.3) is 0 Å². The van der Waals surface area contributed by atoms with Gasteiger partial charge in [-0.15, -0.1) is 0 Å². The van der Waals surface area contributed by atoms with Crippen LogP contribution >= 0.6 is 0 Å². The molecule has 0 aromatic rings. The molecule has 0 aromatic heterocycles. The quantitative estimate of drug-likeness (QED) is 0.406.